The van der Waals surface area contributed by atoms with E-state index in [0.29, 0.717) is 23.5 Å². The van der Waals surface area contributed by atoms with Crippen LogP contribution >= 0.6 is 0 Å². The van der Waals surface area contributed by atoms with Crippen LogP contribution < -0.4 is 15.8 Å². The average molecular weight is 223 g/mol. The van der Waals surface area contributed by atoms with Gasteiger partial charge in [-0.2, -0.15) is 4.98 Å². The van der Waals surface area contributed by atoms with Crippen LogP contribution in [0.5, 0.6) is 5.88 Å². The number of methoxy groups -OCH3 is 1. The topological polar surface area (TPSA) is 60.2 Å². The smallest absolute Gasteiger partial charge is 0.238 e. The highest BCUT2D eigenvalue weighted by molar-refractivity contribution is 5.53. The third kappa shape index (κ3) is 3.61. The lowest BCUT2D eigenvalue weighted by molar-refractivity contribution is 0.400. The van der Waals surface area contributed by atoms with E-state index in [1.807, 2.05) is 6.07 Å². The van der Waals surface area contributed by atoms with Crippen LogP contribution in [0.25, 0.3) is 0 Å². The van der Waals surface area contributed by atoms with Crippen molar-refractivity contribution in [1.29, 1.82) is 0 Å². The molecule has 0 aliphatic carbocycles. The summed E-state index contributed by atoms with van der Waals surface area (Å²) >= 11 is 0. The van der Waals surface area contributed by atoms with Gasteiger partial charge in [0.1, 0.15) is 5.82 Å². The molecule has 90 valence electrons. The second-order valence-corrected chi connectivity index (χ2v) is 4.47. The number of nitrogen functional groups attached to an aromatic ring is 1. The summed E-state index contributed by atoms with van der Waals surface area (Å²) < 4.78 is 5.07. The number of nitrogens with two attached hydrogens (primary N) is 1. The molecule has 0 fully saturated rings. The predicted octanol–water partition coefficient (Wildman–Crippen LogP) is 2.52. The van der Waals surface area contributed by atoms with Gasteiger partial charge < -0.3 is 15.8 Å². The van der Waals surface area contributed by atoms with Gasteiger partial charge in [0.2, 0.25) is 5.88 Å². The molecule has 0 saturated heterocycles. The second kappa shape index (κ2) is 5.58. The first kappa shape index (κ1) is 12.6. The third-order valence-corrected chi connectivity index (χ3v) is 2.30. The highest BCUT2D eigenvalue weighted by Gasteiger charge is 2.07. The Balaban J connectivity index is 2.67. The van der Waals surface area contributed by atoms with E-state index in [1.165, 1.54) is 0 Å². The molecule has 16 heavy (non-hydrogen) atoms. The van der Waals surface area contributed by atoms with Gasteiger partial charge in [0.25, 0.3) is 0 Å². The summed E-state index contributed by atoms with van der Waals surface area (Å²) in [6, 6.07) is 4.06. The monoisotopic (exact) mass is 223 g/mol. The fourth-order valence-electron chi connectivity index (χ4n) is 1.71. The minimum atomic E-state index is 0.390. The van der Waals surface area contributed by atoms with Gasteiger partial charge in [-0.15, -0.1) is 0 Å². The number of anilines is 2. The van der Waals surface area contributed by atoms with Crippen LogP contribution in [0, 0.1) is 5.92 Å². The molecule has 4 nitrogen and oxygen atoms in total. The molecule has 0 spiro atoms. The van der Waals surface area contributed by atoms with Crippen LogP contribution in [0.2, 0.25) is 0 Å². The summed E-state index contributed by atoms with van der Waals surface area (Å²) in [4.78, 5) is 4.28. The Morgan fingerprint density at radius 1 is 1.38 bits per heavy atom. The molecule has 4 heteroatoms. The zero-order valence-corrected chi connectivity index (χ0v) is 10.4. The number of pyridine rings is 1. The maximum atomic E-state index is 5.70. The average Bonchev–Trinajstić information content (AvgIpc) is 2.19. The molecular formula is C12H21N3O. The van der Waals surface area contributed by atoms with E-state index < -0.39 is 0 Å². The summed E-state index contributed by atoms with van der Waals surface area (Å²) in [6.07, 6.45) is 1.11. The van der Waals surface area contributed by atoms with Crippen LogP contribution in [0.4, 0.5) is 11.5 Å². The minimum Gasteiger partial charge on any atom is -0.479 e. The van der Waals surface area contributed by atoms with Crippen LogP contribution in [0.1, 0.15) is 27.2 Å². The molecule has 1 heterocycles. The molecule has 0 aliphatic heterocycles. The Morgan fingerprint density at radius 3 is 2.62 bits per heavy atom. The van der Waals surface area contributed by atoms with Gasteiger partial charge in [-0.3, -0.25) is 0 Å². The molecule has 1 rings (SSSR count). The van der Waals surface area contributed by atoms with Crippen molar-refractivity contribution in [3.05, 3.63) is 12.1 Å². The van der Waals surface area contributed by atoms with Crippen LogP contribution in [-0.4, -0.2) is 18.1 Å². The third-order valence-electron chi connectivity index (χ3n) is 2.30. The van der Waals surface area contributed by atoms with Crippen molar-refractivity contribution >= 4 is 11.5 Å². The van der Waals surface area contributed by atoms with Crippen LogP contribution in [-0.2, 0) is 0 Å². The molecular weight excluding hydrogens is 202 g/mol. The number of ether oxygens (including phenoxy) is 1. The molecule has 1 unspecified atom stereocenters. The minimum absolute atomic E-state index is 0.390. The standard InChI is InChI=1S/C12H21N3O/c1-8(2)7-9(3)14-11-6-5-10(13)12(15-11)16-4/h5-6,8-9H,7,13H2,1-4H3,(H,14,15). The lowest BCUT2D eigenvalue weighted by Gasteiger charge is -2.17. The predicted molar refractivity (Wildman–Crippen MR) is 67.7 cm³/mol. The maximum Gasteiger partial charge on any atom is 0.238 e. The summed E-state index contributed by atoms with van der Waals surface area (Å²) in [6.45, 7) is 6.55. The lowest BCUT2D eigenvalue weighted by Crippen LogP contribution is -2.18. The van der Waals surface area contributed by atoms with Crippen LogP contribution in [0.15, 0.2) is 12.1 Å². The second-order valence-electron chi connectivity index (χ2n) is 4.47. The molecule has 0 saturated carbocycles. The molecule has 1 atom stereocenters. The first-order valence-electron chi connectivity index (χ1n) is 5.60. The first-order chi connectivity index (χ1) is 7.52. The van der Waals surface area contributed by atoms with Crippen molar-refractivity contribution in [1.82, 2.24) is 4.98 Å². The van der Waals surface area contributed by atoms with Gasteiger partial charge in [0.05, 0.1) is 12.8 Å². The zero-order valence-electron chi connectivity index (χ0n) is 10.4. The molecule has 1 aromatic rings. The van der Waals surface area contributed by atoms with E-state index in [4.69, 9.17) is 10.5 Å². The summed E-state index contributed by atoms with van der Waals surface area (Å²) in [5.41, 5.74) is 6.26. The largest absolute Gasteiger partial charge is 0.479 e. The summed E-state index contributed by atoms with van der Waals surface area (Å²) in [5.74, 6) is 1.94. The quantitative estimate of drug-likeness (QED) is 0.805. The van der Waals surface area contributed by atoms with Gasteiger partial charge in [-0.1, -0.05) is 13.8 Å². The van der Waals surface area contributed by atoms with Crippen molar-refractivity contribution < 1.29 is 4.74 Å². The Labute approximate surface area is 97.2 Å². The molecule has 0 aliphatic rings. The van der Waals surface area contributed by atoms with E-state index >= 15 is 0 Å². The molecule has 0 amide bonds. The van der Waals surface area contributed by atoms with Gasteiger partial charge in [-0.25, -0.2) is 0 Å². The number of nitrogens with zero attached hydrogens (tertiary/aromatic N) is 1. The highest BCUT2D eigenvalue weighted by Crippen LogP contribution is 2.21. The lowest BCUT2D eigenvalue weighted by atomic mass is 10.1. The van der Waals surface area contributed by atoms with Gasteiger partial charge >= 0.3 is 0 Å². The number of nitrogens with one attached hydrogen (secondary N) is 1. The first-order valence-corrected chi connectivity index (χ1v) is 5.60. The van der Waals surface area contributed by atoms with E-state index in [9.17, 15) is 0 Å². The Bertz CT molecular complexity index is 339. The number of hydrogen-bond donors (Lipinski definition) is 2. The van der Waals surface area contributed by atoms with Crippen molar-refractivity contribution in [3.63, 3.8) is 0 Å². The Hall–Kier alpha value is -1.45. The van der Waals surface area contributed by atoms with E-state index in [0.717, 1.165) is 12.2 Å². The number of hydrogen-bond acceptors (Lipinski definition) is 4. The van der Waals surface area contributed by atoms with Crippen molar-refractivity contribution in [3.8, 4) is 5.88 Å². The maximum absolute atomic E-state index is 5.70. The molecule has 1 aromatic heterocycles. The van der Waals surface area contributed by atoms with Crippen molar-refractivity contribution in [2.45, 2.75) is 33.2 Å². The van der Waals surface area contributed by atoms with Crippen LogP contribution in [0.3, 0.4) is 0 Å². The normalized spacial score (nSPS) is 12.6. The molecule has 0 aromatic carbocycles. The SMILES string of the molecule is COc1nc(NC(C)CC(C)C)ccc1N. The fraction of sp³-hybridized carbons (Fsp3) is 0.583. The number of rotatable bonds is 5. The Kier molecular flexibility index (Phi) is 4.40. The van der Waals surface area contributed by atoms with Gasteiger partial charge in [0, 0.05) is 6.04 Å². The zero-order chi connectivity index (χ0) is 12.1. The fourth-order valence-corrected chi connectivity index (χ4v) is 1.71. The van der Waals surface area contributed by atoms with Gasteiger partial charge in [0.15, 0.2) is 0 Å². The molecule has 3 N–H and O–H groups in total. The van der Waals surface area contributed by atoms with E-state index in [1.54, 1.807) is 13.2 Å². The number of aromatic nitrogens is 1. The summed E-state index contributed by atoms with van der Waals surface area (Å²) in [7, 11) is 1.57. The molecule has 0 radical (unpaired) electrons. The highest BCUT2D eigenvalue weighted by atomic mass is 16.5. The summed E-state index contributed by atoms with van der Waals surface area (Å²) in [5, 5.41) is 3.33. The van der Waals surface area contributed by atoms with Crippen molar-refractivity contribution in [2.24, 2.45) is 5.92 Å². The Morgan fingerprint density at radius 2 is 2.06 bits per heavy atom. The van der Waals surface area contributed by atoms with E-state index in [2.05, 4.69) is 31.1 Å². The molecule has 0 bridgehead atoms. The van der Waals surface area contributed by atoms with Gasteiger partial charge in [-0.05, 0) is 31.4 Å². The van der Waals surface area contributed by atoms with E-state index in [-0.39, 0.29) is 0 Å². The van der Waals surface area contributed by atoms with Crippen molar-refractivity contribution in [2.75, 3.05) is 18.2 Å².